The van der Waals surface area contributed by atoms with Crippen molar-refractivity contribution < 1.29 is 18.7 Å². The van der Waals surface area contributed by atoms with Crippen LogP contribution in [-0.4, -0.2) is 28.0 Å². The third-order valence-electron chi connectivity index (χ3n) is 4.91. The molecule has 33 heavy (non-hydrogen) atoms. The van der Waals surface area contributed by atoms with Gasteiger partial charge in [-0.15, -0.1) is 0 Å². The molecular formula is C24H22N4O5. The lowest BCUT2D eigenvalue weighted by molar-refractivity contribution is -0.116. The van der Waals surface area contributed by atoms with E-state index in [1.807, 2.05) is 13.0 Å². The minimum atomic E-state index is -0.438. The van der Waals surface area contributed by atoms with Gasteiger partial charge in [-0.2, -0.15) is 0 Å². The molecule has 2 N–H and O–H groups in total. The van der Waals surface area contributed by atoms with E-state index in [0.717, 1.165) is 0 Å². The van der Waals surface area contributed by atoms with E-state index in [4.69, 9.17) is 9.15 Å². The molecule has 2 aromatic heterocycles. The molecule has 0 spiro atoms. The maximum absolute atomic E-state index is 13.2. The lowest BCUT2D eigenvalue weighted by atomic mass is 10.2. The van der Waals surface area contributed by atoms with Crippen molar-refractivity contribution in [2.75, 3.05) is 17.2 Å². The number of hydrogen-bond donors (Lipinski definition) is 2. The van der Waals surface area contributed by atoms with Crippen LogP contribution in [0.1, 0.15) is 23.3 Å². The molecule has 0 radical (unpaired) electrons. The Morgan fingerprint density at radius 3 is 2.67 bits per heavy atom. The molecule has 0 aliphatic heterocycles. The number of fused-ring (bicyclic) bond motifs is 1. The van der Waals surface area contributed by atoms with Crippen molar-refractivity contribution in [3.05, 3.63) is 82.8 Å². The summed E-state index contributed by atoms with van der Waals surface area (Å²) in [5, 5.41) is 5.75. The van der Waals surface area contributed by atoms with E-state index < -0.39 is 11.8 Å². The first-order valence-electron chi connectivity index (χ1n) is 10.3. The highest BCUT2D eigenvalue weighted by atomic mass is 16.5. The molecule has 0 bridgehead atoms. The van der Waals surface area contributed by atoms with Crippen molar-refractivity contribution >= 4 is 34.1 Å². The summed E-state index contributed by atoms with van der Waals surface area (Å²) >= 11 is 0. The van der Waals surface area contributed by atoms with Gasteiger partial charge in [0.1, 0.15) is 18.1 Å². The highest BCUT2D eigenvalue weighted by Crippen LogP contribution is 2.23. The fourth-order valence-corrected chi connectivity index (χ4v) is 3.38. The zero-order valence-corrected chi connectivity index (χ0v) is 18.1. The van der Waals surface area contributed by atoms with Crippen LogP contribution < -0.4 is 20.9 Å². The van der Waals surface area contributed by atoms with Crippen molar-refractivity contribution in [3.63, 3.8) is 0 Å². The number of carbonyl (C=O) groups is 2. The van der Waals surface area contributed by atoms with Crippen LogP contribution in [0, 0.1) is 6.92 Å². The summed E-state index contributed by atoms with van der Waals surface area (Å²) in [5.74, 6) is 0.264. The normalized spacial score (nSPS) is 10.7. The Hall–Kier alpha value is -4.40. The van der Waals surface area contributed by atoms with Crippen LogP contribution in [-0.2, 0) is 11.3 Å². The zero-order chi connectivity index (χ0) is 23.4. The maximum Gasteiger partial charge on any atom is 0.291 e. The molecule has 168 valence electrons. The van der Waals surface area contributed by atoms with Gasteiger partial charge in [-0.1, -0.05) is 12.1 Å². The summed E-state index contributed by atoms with van der Waals surface area (Å²) in [7, 11) is 0. The molecule has 9 nitrogen and oxygen atoms in total. The Bertz CT molecular complexity index is 1380. The van der Waals surface area contributed by atoms with Gasteiger partial charge in [-0.3, -0.25) is 19.0 Å². The predicted octanol–water partition coefficient (Wildman–Crippen LogP) is 3.59. The number of benzene rings is 2. The Labute approximate surface area is 189 Å². The van der Waals surface area contributed by atoms with Gasteiger partial charge in [0.2, 0.25) is 5.91 Å². The number of ether oxygens (including phenoxy) is 1. The first-order valence-corrected chi connectivity index (χ1v) is 10.3. The van der Waals surface area contributed by atoms with Crippen LogP contribution in [0.25, 0.3) is 10.9 Å². The Morgan fingerprint density at radius 2 is 1.91 bits per heavy atom. The number of hydrogen-bond acceptors (Lipinski definition) is 6. The van der Waals surface area contributed by atoms with Gasteiger partial charge in [-0.05, 0) is 56.3 Å². The van der Waals surface area contributed by atoms with E-state index >= 15 is 0 Å². The fourth-order valence-electron chi connectivity index (χ4n) is 3.38. The van der Waals surface area contributed by atoms with Crippen LogP contribution in [0.5, 0.6) is 5.75 Å². The van der Waals surface area contributed by atoms with Crippen LogP contribution in [0.3, 0.4) is 0 Å². The predicted molar refractivity (Wildman–Crippen MR) is 124 cm³/mol. The third kappa shape index (κ3) is 4.77. The van der Waals surface area contributed by atoms with Gasteiger partial charge in [0.25, 0.3) is 11.5 Å². The van der Waals surface area contributed by atoms with E-state index in [-0.39, 0.29) is 23.3 Å². The molecule has 2 amide bonds. The zero-order valence-electron chi connectivity index (χ0n) is 18.1. The minimum absolute atomic E-state index is 0.151. The Morgan fingerprint density at radius 1 is 1.09 bits per heavy atom. The quantitative estimate of drug-likeness (QED) is 0.448. The number of furan rings is 1. The molecule has 0 saturated carbocycles. The molecule has 0 unspecified atom stereocenters. The highest BCUT2D eigenvalue weighted by Gasteiger charge is 2.15. The molecule has 0 aliphatic rings. The molecular weight excluding hydrogens is 424 g/mol. The van der Waals surface area contributed by atoms with Gasteiger partial charge < -0.3 is 19.8 Å². The van der Waals surface area contributed by atoms with Gasteiger partial charge >= 0.3 is 0 Å². The lowest BCUT2D eigenvalue weighted by Crippen LogP contribution is -2.30. The summed E-state index contributed by atoms with van der Waals surface area (Å²) in [6.07, 6.45) is 1.40. The second kappa shape index (κ2) is 9.39. The highest BCUT2D eigenvalue weighted by molar-refractivity contribution is 6.03. The van der Waals surface area contributed by atoms with Crippen molar-refractivity contribution in [2.24, 2.45) is 0 Å². The average Bonchev–Trinajstić information content (AvgIpc) is 3.34. The third-order valence-corrected chi connectivity index (χ3v) is 4.91. The Kier molecular flexibility index (Phi) is 6.21. The van der Waals surface area contributed by atoms with Crippen LogP contribution in [0.2, 0.25) is 0 Å². The number of carbonyl (C=O) groups excluding carboxylic acids is 2. The monoisotopic (exact) mass is 446 g/mol. The molecule has 0 saturated heterocycles. The van der Waals surface area contributed by atoms with E-state index in [1.54, 1.807) is 43.3 Å². The number of nitrogens with zero attached hydrogens (tertiary/aromatic N) is 2. The molecule has 0 atom stereocenters. The summed E-state index contributed by atoms with van der Waals surface area (Å²) < 4.78 is 11.9. The number of amides is 2. The van der Waals surface area contributed by atoms with Gasteiger partial charge in [-0.25, -0.2) is 4.98 Å². The van der Waals surface area contributed by atoms with E-state index in [9.17, 15) is 14.4 Å². The fraction of sp³-hybridized carbons (Fsp3) is 0.167. The molecule has 2 heterocycles. The van der Waals surface area contributed by atoms with Crippen molar-refractivity contribution in [1.82, 2.24) is 9.55 Å². The van der Waals surface area contributed by atoms with Crippen molar-refractivity contribution in [2.45, 2.75) is 20.4 Å². The van der Waals surface area contributed by atoms with E-state index in [0.29, 0.717) is 35.1 Å². The van der Waals surface area contributed by atoms with Crippen LogP contribution >= 0.6 is 0 Å². The first-order chi connectivity index (χ1) is 16.0. The largest absolute Gasteiger partial charge is 0.492 e. The minimum Gasteiger partial charge on any atom is -0.492 e. The van der Waals surface area contributed by atoms with Crippen molar-refractivity contribution in [1.29, 1.82) is 0 Å². The second-order valence-corrected chi connectivity index (χ2v) is 7.19. The molecule has 2 aromatic carbocycles. The molecule has 4 aromatic rings. The smallest absolute Gasteiger partial charge is 0.291 e. The average molecular weight is 446 g/mol. The summed E-state index contributed by atoms with van der Waals surface area (Å²) in [6.45, 7) is 3.75. The second-order valence-electron chi connectivity index (χ2n) is 7.19. The number of aryl methyl sites for hydroxylation is 1. The number of anilines is 2. The van der Waals surface area contributed by atoms with Crippen molar-refractivity contribution in [3.8, 4) is 5.75 Å². The summed E-state index contributed by atoms with van der Waals surface area (Å²) in [6, 6.07) is 15.0. The molecule has 9 heteroatoms. The lowest BCUT2D eigenvalue weighted by Gasteiger charge is -2.14. The summed E-state index contributed by atoms with van der Waals surface area (Å²) in [5.41, 5.74) is 1.01. The number of para-hydroxylation sites is 2. The van der Waals surface area contributed by atoms with Gasteiger partial charge in [0.15, 0.2) is 5.76 Å². The van der Waals surface area contributed by atoms with Crippen LogP contribution in [0.4, 0.5) is 11.4 Å². The Balaban J connectivity index is 1.59. The molecule has 0 aliphatic carbocycles. The summed E-state index contributed by atoms with van der Waals surface area (Å²) in [4.78, 5) is 42.5. The number of aromatic nitrogens is 2. The van der Waals surface area contributed by atoms with Crippen LogP contribution in [0.15, 0.2) is 70.1 Å². The molecule has 4 rings (SSSR count). The standard InChI is InChI=1S/C24H22N4O5/c1-3-32-20-8-5-4-7-19(20)27-22(29)14-28-15(2)25-18-11-10-16(13-17(18)24(28)31)26-23(30)21-9-6-12-33-21/h4-13H,3,14H2,1-2H3,(H,26,30)(H,27,29). The SMILES string of the molecule is CCOc1ccccc1NC(=O)Cn1c(C)nc2ccc(NC(=O)c3ccco3)cc2c1=O. The molecule has 0 fully saturated rings. The van der Waals surface area contributed by atoms with Gasteiger partial charge in [0, 0.05) is 5.69 Å². The first kappa shape index (κ1) is 21.8. The maximum atomic E-state index is 13.2. The van der Waals surface area contributed by atoms with Gasteiger partial charge in [0.05, 0.1) is 29.5 Å². The number of rotatable bonds is 7. The number of nitrogens with one attached hydrogen (secondary N) is 2. The topological polar surface area (TPSA) is 115 Å². The van der Waals surface area contributed by atoms with E-state index in [2.05, 4.69) is 15.6 Å². The van der Waals surface area contributed by atoms with E-state index in [1.165, 1.54) is 23.0 Å².